The molecule has 11 nitrogen and oxygen atoms in total. The molecule has 0 aliphatic heterocycles. The average molecular weight is 450 g/mol. The van der Waals surface area contributed by atoms with Gasteiger partial charge in [0, 0.05) is 5.75 Å². The van der Waals surface area contributed by atoms with Gasteiger partial charge in [-0.15, -0.1) is 0 Å². The first-order chi connectivity index (χ1) is 14.1. The lowest BCUT2D eigenvalue weighted by Crippen LogP contribution is -2.59. The normalized spacial score (nSPS) is 15.9. The third-order valence-electron chi connectivity index (χ3n) is 4.75. The van der Waals surface area contributed by atoms with Crippen LogP contribution in [0.4, 0.5) is 0 Å². The van der Waals surface area contributed by atoms with E-state index < -0.39 is 54.5 Å². The summed E-state index contributed by atoms with van der Waals surface area (Å²) in [5.74, 6) is -3.54. The zero-order chi connectivity index (χ0) is 23.3. The zero-order valence-corrected chi connectivity index (χ0v) is 18.4. The molecule has 0 aromatic heterocycles. The van der Waals surface area contributed by atoms with Gasteiger partial charge in [0.15, 0.2) is 0 Å². The Morgan fingerprint density at radius 1 is 0.967 bits per heavy atom. The number of nitrogens with one attached hydrogen (secondary N) is 3. The molecule has 0 aliphatic rings. The maximum absolute atomic E-state index is 12.4. The molecule has 0 aliphatic carbocycles. The summed E-state index contributed by atoms with van der Waals surface area (Å²) < 4.78 is 0. The first-order valence-electron chi connectivity index (χ1n) is 9.94. The molecule has 0 radical (unpaired) electrons. The zero-order valence-electron chi connectivity index (χ0n) is 17.5. The summed E-state index contributed by atoms with van der Waals surface area (Å²) in [5.41, 5.74) is 11.2. The molecule has 3 amide bonds. The van der Waals surface area contributed by atoms with Crippen LogP contribution in [0.5, 0.6) is 0 Å². The van der Waals surface area contributed by atoms with Crippen LogP contribution in [0.15, 0.2) is 0 Å². The number of aliphatic hydroxyl groups is 1. The van der Waals surface area contributed by atoms with Crippen molar-refractivity contribution < 1.29 is 29.4 Å². The minimum Gasteiger partial charge on any atom is -0.480 e. The molecule has 0 saturated carbocycles. The molecule has 0 aromatic rings. The third-order valence-corrected chi connectivity index (χ3v) is 5.12. The molecule has 0 saturated heterocycles. The maximum atomic E-state index is 12.4. The second kappa shape index (κ2) is 15.0. The number of carboxylic acids is 1. The predicted molar refractivity (Wildman–Crippen MR) is 115 cm³/mol. The fraction of sp³-hybridized carbons (Fsp3) is 0.778. The second-order valence-corrected chi connectivity index (χ2v) is 7.45. The highest BCUT2D eigenvalue weighted by molar-refractivity contribution is 7.80. The number of unbranched alkanes of at least 4 members (excludes halogenated alkanes) is 1. The van der Waals surface area contributed by atoms with Crippen LogP contribution in [0.2, 0.25) is 0 Å². The Morgan fingerprint density at radius 3 is 1.97 bits per heavy atom. The molecule has 30 heavy (non-hydrogen) atoms. The molecule has 12 heteroatoms. The van der Waals surface area contributed by atoms with E-state index in [1.54, 1.807) is 6.92 Å². The van der Waals surface area contributed by atoms with Gasteiger partial charge in [0.2, 0.25) is 17.7 Å². The number of carbonyl (C=O) groups excluding carboxylic acids is 3. The molecule has 0 rings (SSSR count). The minimum atomic E-state index is -1.39. The fourth-order valence-corrected chi connectivity index (χ4v) is 2.72. The summed E-state index contributed by atoms with van der Waals surface area (Å²) in [5, 5.41) is 25.8. The highest BCUT2D eigenvalue weighted by atomic mass is 32.1. The Kier molecular flexibility index (Phi) is 14.0. The highest BCUT2D eigenvalue weighted by Gasteiger charge is 2.30. The van der Waals surface area contributed by atoms with Crippen LogP contribution >= 0.6 is 12.6 Å². The summed E-state index contributed by atoms with van der Waals surface area (Å²) in [6.45, 7) is 3.32. The van der Waals surface area contributed by atoms with E-state index in [9.17, 15) is 29.4 Å². The molecule has 0 fully saturated rings. The Balaban J connectivity index is 4.96. The van der Waals surface area contributed by atoms with Crippen molar-refractivity contribution in [2.75, 3.05) is 18.9 Å². The molecule has 9 N–H and O–H groups in total. The lowest BCUT2D eigenvalue weighted by atomic mass is 9.99. The van der Waals surface area contributed by atoms with Gasteiger partial charge < -0.3 is 37.6 Å². The van der Waals surface area contributed by atoms with Gasteiger partial charge >= 0.3 is 5.97 Å². The largest absolute Gasteiger partial charge is 0.480 e. The Morgan fingerprint density at radius 2 is 1.50 bits per heavy atom. The van der Waals surface area contributed by atoms with Crippen molar-refractivity contribution in [1.82, 2.24) is 16.0 Å². The summed E-state index contributed by atoms with van der Waals surface area (Å²) in [4.78, 5) is 48.3. The van der Waals surface area contributed by atoms with E-state index in [-0.39, 0.29) is 18.1 Å². The first kappa shape index (κ1) is 28.1. The van der Waals surface area contributed by atoms with Crippen LogP contribution in [-0.4, -0.2) is 77.0 Å². The SMILES string of the molecule is CCC(C)C(N)C(=O)NC(CS)C(=O)NC(CO)C(=O)NC(CCCCN)C(=O)O. The van der Waals surface area contributed by atoms with Crippen molar-refractivity contribution in [3.8, 4) is 0 Å². The number of thiol groups is 1. The number of rotatable bonds is 15. The van der Waals surface area contributed by atoms with Crippen molar-refractivity contribution in [2.45, 2.75) is 63.7 Å². The van der Waals surface area contributed by atoms with Crippen LogP contribution in [0, 0.1) is 5.92 Å². The van der Waals surface area contributed by atoms with E-state index in [1.807, 2.05) is 6.92 Å². The number of carbonyl (C=O) groups is 4. The molecule has 0 heterocycles. The number of nitrogens with two attached hydrogens (primary N) is 2. The molecule has 5 unspecified atom stereocenters. The Bertz CT molecular complexity index is 579. The quantitative estimate of drug-likeness (QED) is 0.103. The standard InChI is InChI=1S/C18H35N5O6S/c1-3-10(2)14(20)17(27)23-13(9-30)16(26)22-12(8-24)15(25)21-11(18(28)29)6-4-5-7-19/h10-14,24,30H,3-9,19-20H2,1-2H3,(H,21,25)(H,22,26)(H,23,27)(H,28,29). The topological polar surface area (TPSA) is 197 Å². The summed E-state index contributed by atoms with van der Waals surface area (Å²) >= 11 is 4.04. The molecule has 0 spiro atoms. The van der Waals surface area contributed by atoms with Gasteiger partial charge in [-0.25, -0.2) is 4.79 Å². The second-order valence-electron chi connectivity index (χ2n) is 7.08. The van der Waals surface area contributed by atoms with Gasteiger partial charge in [-0.2, -0.15) is 12.6 Å². The van der Waals surface area contributed by atoms with Crippen molar-refractivity contribution in [1.29, 1.82) is 0 Å². The van der Waals surface area contributed by atoms with Gasteiger partial charge in [0.25, 0.3) is 0 Å². The monoisotopic (exact) mass is 449 g/mol. The number of aliphatic carboxylic acids is 1. The van der Waals surface area contributed by atoms with Crippen LogP contribution in [-0.2, 0) is 19.2 Å². The van der Waals surface area contributed by atoms with E-state index in [0.29, 0.717) is 25.8 Å². The molecule has 5 atom stereocenters. The van der Waals surface area contributed by atoms with Gasteiger partial charge in [-0.1, -0.05) is 20.3 Å². The van der Waals surface area contributed by atoms with Crippen LogP contribution in [0.1, 0.15) is 39.5 Å². The minimum absolute atomic E-state index is 0.0680. The molecule has 174 valence electrons. The van der Waals surface area contributed by atoms with Crippen molar-refractivity contribution in [3.05, 3.63) is 0 Å². The average Bonchev–Trinajstić information content (AvgIpc) is 2.73. The van der Waals surface area contributed by atoms with E-state index in [0.717, 1.165) is 0 Å². The van der Waals surface area contributed by atoms with E-state index in [4.69, 9.17) is 11.5 Å². The Hall–Kier alpha value is -1.89. The van der Waals surface area contributed by atoms with E-state index in [2.05, 4.69) is 28.6 Å². The molecule has 0 bridgehead atoms. The van der Waals surface area contributed by atoms with Gasteiger partial charge in [0.05, 0.1) is 12.6 Å². The summed E-state index contributed by atoms with van der Waals surface area (Å²) in [7, 11) is 0. The number of carboxylic acid groups (broad SMARTS) is 1. The van der Waals surface area contributed by atoms with Crippen molar-refractivity contribution >= 4 is 36.3 Å². The van der Waals surface area contributed by atoms with Gasteiger partial charge in [-0.3, -0.25) is 14.4 Å². The van der Waals surface area contributed by atoms with Gasteiger partial charge in [0.1, 0.15) is 18.1 Å². The van der Waals surface area contributed by atoms with Gasteiger partial charge in [-0.05, 0) is 31.7 Å². The fourth-order valence-electron chi connectivity index (χ4n) is 2.46. The van der Waals surface area contributed by atoms with E-state index in [1.165, 1.54) is 0 Å². The lowest BCUT2D eigenvalue weighted by molar-refractivity contribution is -0.142. The Labute approximate surface area is 182 Å². The van der Waals surface area contributed by atoms with Crippen molar-refractivity contribution in [3.63, 3.8) is 0 Å². The summed E-state index contributed by atoms with van der Waals surface area (Å²) in [6, 6.07) is -4.47. The van der Waals surface area contributed by atoms with Crippen LogP contribution < -0.4 is 27.4 Å². The predicted octanol–water partition coefficient (Wildman–Crippen LogP) is -2.05. The molecule has 0 aromatic carbocycles. The number of hydrogen-bond donors (Lipinski definition) is 8. The number of aliphatic hydroxyl groups excluding tert-OH is 1. The highest BCUT2D eigenvalue weighted by Crippen LogP contribution is 2.06. The summed E-state index contributed by atoms with van der Waals surface area (Å²) in [6.07, 6.45) is 1.93. The lowest BCUT2D eigenvalue weighted by Gasteiger charge is -2.24. The smallest absolute Gasteiger partial charge is 0.326 e. The third kappa shape index (κ3) is 9.74. The molecular weight excluding hydrogens is 414 g/mol. The van der Waals surface area contributed by atoms with Crippen molar-refractivity contribution in [2.24, 2.45) is 17.4 Å². The van der Waals surface area contributed by atoms with E-state index >= 15 is 0 Å². The first-order valence-corrected chi connectivity index (χ1v) is 10.6. The molecular formula is C18H35N5O6S. The number of hydrogen-bond acceptors (Lipinski definition) is 8. The number of amides is 3. The maximum Gasteiger partial charge on any atom is 0.326 e. The van der Waals surface area contributed by atoms with Crippen LogP contribution in [0.3, 0.4) is 0 Å². The van der Waals surface area contributed by atoms with Crippen LogP contribution in [0.25, 0.3) is 0 Å².